The molecule has 2 aliphatic carbocycles. The average Bonchev–Trinajstić information content (AvgIpc) is 3.71. The molecule has 0 atom stereocenters. The third kappa shape index (κ3) is 4.91. The molecule has 0 N–H and O–H groups in total. The van der Waals surface area contributed by atoms with Crippen molar-refractivity contribution in [1.82, 2.24) is 0 Å². The molecule has 0 radical (unpaired) electrons. The standard InChI is InChI=1S/C56H43BN2O/c1-3-16-36(17-4-1)42-32-30-38-20-7-9-22-40(38)54(42)58-47-26-13-12-25-46(47)57-52-48(58)27-15-28-49(52)59(50-35-34-45-44-24-11-14-29-51(44)60-56(45)53(50)57)55-41-23-10-8-21-39(41)31-33-43(55)37-18-5-2-6-19-37/h1-6,11-19,24-35H,7-10,20-23H2. The van der Waals surface area contributed by atoms with E-state index in [1.54, 1.807) is 0 Å². The Morgan fingerprint density at radius 3 is 1.60 bits per heavy atom. The first kappa shape index (κ1) is 34.1. The maximum Gasteiger partial charge on any atom is 0.257 e. The monoisotopic (exact) mass is 770 g/mol. The average molecular weight is 771 g/mol. The van der Waals surface area contributed by atoms with Gasteiger partial charge < -0.3 is 14.2 Å². The predicted molar refractivity (Wildman–Crippen MR) is 252 cm³/mol. The van der Waals surface area contributed by atoms with Crippen molar-refractivity contribution in [2.75, 3.05) is 9.80 Å². The van der Waals surface area contributed by atoms with Crippen LogP contribution in [0, 0.1) is 0 Å². The molecule has 8 aromatic carbocycles. The molecular weight excluding hydrogens is 727 g/mol. The lowest BCUT2D eigenvalue weighted by atomic mass is 9.33. The second-order valence-electron chi connectivity index (χ2n) is 17.2. The Morgan fingerprint density at radius 2 is 0.933 bits per heavy atom. The molecule has 0 saturated heterocycles. The minimum Gasteiger partial charge on any atom is -0.457 e. The molecule has 286 valence electrons. The third-order valence-corrected chi connectivity index (χ3v) is 14.0. The molecule has 2 aliphatic heterocycles. The molecule has 60 heavy (non-hydrogen) atoms. The maximum absolute atomic E-state index is 7.11. The lowest BCUT2D eigenvalue weighted by Gasteiger charge is -2.46. The predicted octanol–water partition coefficient (Wildman–Crippen LogP) is 12.8. The van der Waals surface area contributed by atoms with Crippen LogP contribution in [-0.2, 0) is 25.7 Å². The van der Waals surface area contributed by atoms with Crippen molar-refractivity contribution in [2.45, 2.75) is 51.4 Å². The van der Waals surface area contributed by atoms with E-state index in [0.717, 1.165) is 42.2 Å². The molecule has 3 nitrogen and oxygen atoms in total. The van der Waals surface area contributed by atoms with Crippen LogP contribution in [0.15, 0.2) is 168 Å². The molecule has 1 aromatic heterocycles. The molecule has 0 unspecified atom stereocenters. The quantitative estimate of drug-likeness (QED) is 0.166. The van der Waals surface area contributed by atoms with E-state index in [2.05, 4.69) is 174 Å². The second-order valence-corrected chi connectivity index (χ2v) is 17.2. The van der Waals surface area contributed by atoms with E-state index in [1.807, 2.05) is 0 Å². The number of fused-ring (bicyclic) bond motifs is 10. The number of benzene rings is 8. The molecule has 4 aliphatic rings. The van der Waals surface area contributed by atoms with E-state index in [0.29, 0.717) is 0 Å². The van der Waals surface area contributed by atoms with Crippen LogP contribution in [0.2, 0.25) is 0 Å². The number of hydrogen-bond donors (Lipinski definition) is 0. The minimum atomic E-state index is -0.0430. The zero-order valence-electron chi connectivity index (χ0n) is 33.6. The van der Waals surface area contributed by atoms with Gasteiger partial charge in [0.05, 0.1) is 11.4 Å². The summed E-state index contributed by atoms with van der Waals surface area (Å²) in [5.74, 6) is 0. The van der Waals surface area contributed by atoms with Crippen LogP contribution in [0.1, 0.15) is 47.9 Å². The maximum atomic E-state index is 7.11. The summed E-state index contributed by atoms with van der Waals surface area (Å²) in [5.41, 5.74) is 24.4. The van der Waals surface area contributed by atoms with Crippen molar-refractivity contribution in [2.24, 2.45) is 0 Å². The van der Waals surface area contributed by atoms with Gasteiger partial charge in [-0.05, 0) is 138 Å². The molecule has 13 rings (SSSR count). The number of hydrogen-bond acceptors (Lipinski definition) is 3. The normalized spacial score (nSPS) is 15.0. The van der Waals surface area contributed by atoms with Gasteiger partial charge in [-0.3, -0.25) is 0 Å². The largest absolute Gasteiger partial charge is 0.457 e. The molecule has 0 saturated carbocycles. The van der Waals surface area contributed by atoms with Gasteiger partial charge in [0.1, 0.15) is 11.2 Å². The number of anilines is 6. The number of furan rings is 1. The first-order valence-electron chi connectivity index (χ1n) is 22.0. The van der Waals surface area contributed by atoms with Crippen LogP contribution >= 0.6 is 0 Å². The molecule has 4 heteroatoms. The lowest BCUT2D eigenvalue weighted by molar-refractivity contribution is 0.671. The van der Waals surface area contributed by atoms with Gasteiger partial charge in [0, 0.05) is 44.6 Å². The van der Waals surface area contributed by atoms with E-state index >= 15 is 0 Å². The van der Waals surface area contributed by atoms with Crippen LogP contribution in [0.3, 0.4) is 0 Å². The number of nitrogens with zero attached hydrogens (tertiary/aromatic N) is 2. The van der Waals surface area contributed by atoms with Gasteiger partial charge in [0.25, 0.3) is 6.71 Å². The number of rotatable bonds is 4. The van der Waals surface area contributed by atoms with Crippen molar-refractivity contribution in [3.05, 3.63) is 186 Å². The summed E-state index contributed by atoms with van der Waals surface area (Å²) in [6.07, 6.45) is 9.23. The molecule has 0 amide bonds. The van der Waals surface area contributed by atoms with Gasteiger partial charge >= 0.3 is 0 Å². The topological polar surface area (TPSA) is 19.6 Å². The Bertz CT molecular complexity index is 3170. The van der Waals surface area contributed by atoms with E-state index in [4.69, 9.17) is 4.42 Å². The SMILES string of the molecule is c1ccc(-c2ccc3c(c2N2c4ccccc4B4c5c2cccc5N(c2c(-c5ccccc5)ccc5c2CCCC5)c2ccc5c(oc6ccccc65)c24)CCCC3)cc1. The number of aryl methyl sites for hydroxylation is 2. The summed E-state index contributed by atoms with van der Waals surface area (Å²) < 4.78 is 7.11. The fourth-order valence-corrected chi connectivity index (χ4v) is 11.5. The van der Waals surface area contributed by atoms with Crippen LogP contribution < -0.4 is 26.2 Å². The van der Waals surface area contributed by atoms with E-state index < -0.39 is 0 Å². The van der Waals surface area contributed by atoms with E-state index in [-0.39, 0.29) is 6.71 Å². The van der Waals surface area contributed by atoms with Gasteiger partial charge in [0.15, 0.2) is 0 Å². The fraction of sp³-hybridized carbons (Fsp3) is 0.143. The lowest BCUT2D eigenvalue weighted by Crippen LogP contribution is -2.61. The van der Waals surface area contributed by atoms with Gasteiger partial charge in [-0.15, -0.1) is 0 Å². The molecule has 0 bridgehead atoms. The Labute approximate surface area is 351 Å². The summed E-state index contributed by atoms with van der Waals surface area (Å²) in [6.45, 7) is -0.0430. The summed E-state index contributed by atoms with van der Waals surface area (Å²) in [5, 5.41) is 2.34. The van der Waals surface area contributed by atoms with Gasteiger partial charge in [-0.1, -0.05) is 127 Å². The summed E-state index contributed by atoms with van der Waals surface area (Å²) in [6, 6.07) is 61.4. The van der Waals surface area contributed by atoms with E-state index in [1.165, 1.54) is 126 Å². The molecular formula is C56H43BN2O. The van der Waals surface area contributed by atoms with Crippen molar-refractivity contribution in [3.8, 4) is 22.3 Å². The molecule has 3 heterocycles. The zero-order valence-corrected chi connectivity index (χ0v) is 33.6. The molecule has 9 aromatic rings. The highest BCUT2D eigenvalue weighted by atomic mass is 16.3. The first-order valence-corrected chi connectivity index (χ1v) is 22.0. The summed E-state index contributed by atoms with van der Waals surface area (Å²) in [4.78, 5) is 5.33. The highest BCUT2D eigenvalue weighted by Gasteiger charge is 2.46. The van der Waals surface area contributed by atoms with Gasteiger partial charge in [0.2, 0.25) is 0 Å². The third-order valence-electron chi connectivity index (χ3n) is 14.0. The van der Waals surface area contributed by atoms with Crippen molar-refractivity contribution < 1.29 is 4.42 Å². The summed E-state index contributed by atoms with van der Waals surface area (Å²) in [7, 11) is 0. The zero-order chi connectivity index (χ0) is 39.3. The van der Waals surface area contributed by atoms with Gasteiger partial charge in [-0.25, -0.2) is 0 Å². The number of para-hydroxylation sites is 2. The highest BCUT2D eigenvalue weighted by Crippen LogP contribution is 2.52. The molecule has 0 fully saturated rings. The van der Waals surface area contributed by atoms with Crippen molar-refractivity contribution >= 4 is 79.2 Å². The van der Waals surface area contributed by atoms with E-state index in [9.17, 15) is 0 Å². The second kappa shape index (κ2) is 13.4. The van der Waals surface area contributed by atoms with Crippen LogP contribution in [-0.4, -0.2) is 6.71 Å². The Balaban J connectivity index is 1.17. The molecule has 0 spiro atoms. The Kier molecular flexibility index (Phi) is 7.61. The van der Waals surface area contributed by atoms with Gasteiger partial charge in [-0.2, -0.15) is 0 Å². The first-order chi connectivity index (χ1) is 29.8. The smallest absolute Gasteiger partial charge is 0.257 e. The Hall–Kier alpha value is -6.78. The summed E-state index contributed by atoms with van der Waals surface area (Å²) >= 11 is 0. The minimum absolute atomic E-state index is 0.0430. The van der Waals surface area contributed by atoms with Crippen molar-refractivity contribution in [3.63, 3.8) is 0 Å². The highest BCUT2D eigenvalue weighted by molar-refractivity contribution is 7.01. The van der Waals surface area contributed by atoms with Crippen molar-refractivity contribution in [1.29, 1.82) is 0 Å². The van der Waals surface area contributed by atoms with Crippen LogP contribution in [0.25, 0.3) is 44.2 Å². The van der Waals surface area contributed by atoms with Crippen LogP contribution in [0.5, 0.6) is 0 Å². The fourth-order valence-electron chi connectivity index (χ4n) is 11.5. The Morgan fingerprint density at radius 1 is 0.400 bits per heavy atom. The van der Waals surface area contributed by atoms with Crippen LogP contribution in [0.4, 0.5) is 34.1 Å².